The van der Waals surface area contributed by atoms with Crippen LogP contribution in [0.25, 0.3) is 11.4 Å². The number of ether oxygens (including phenoxy) is 1. The van der Waals surface area contributed by atoms with Crippen LogP contribution < -0.4 is 10.1 Å². The molecule has 0 amide bonds. The number of hydrogen-bond donors (Lipinski definition) is 1. The van der Waals surface area contributed by atoms with Gasteiger partial charge in [0.15, 0.2) is 5.82 Å². The standard InChI is InChI=1S/C20H19ClN4O/c1-13-11-18(25-20(23-13)14-5-3-9-22-12-14)24-17-8-4-10-26-19-15(17)6-2-7-16(19)21/h2-3,5-7,9,11-12,17H,4,8,10H2,1H3,(H,23,24,25). The number of rotatable bonds is 3. The van der Waals surface area contributed by atoms with Gasteiger partial charge in [0.2, 0.25) is 0 Å². The van der Waals surface area contributed by atoms with Crippen LogP contribution in [0.15, 0.2) is 48.8 Å². The Bertz CT molecular complexity index is 917. The molecule has 0 bridgehead atoms. The van der Waals surface area contributed by atoms with Gasteiger partial charge in [-0.05, 0) is 38.0 Å². The molecule has 0 spiro atoms. The van der Waals surface area contributed by atoms with Gasteiger partial charge in [0.1, 0.15) is 11.6 Å². The number of nitrogens with one attached hydrogen (secondary N) is 1. The first-order valence-electron chi connectivity index (χ1n) is 8.64. The zero-order valence-electron chi connectivity index (χ0n) is 14.4. The molecule has 1 aliphatic heterocycles. The van der Waals surface area contributed by atoms with Crippen LogP contribution in [0.4, 0.5) is 5.82 Å². The lowest BCUT2D eigenvalue weighted by molar-refractivity contribution is 0.316. The predicted molar refractivity (Wildman–Crippen MR) is 103 cm³/mol. The van der Waals surface area contributed by atoms with Crippen LogP contribution in [-0.2, 0) is 0 Å². The summed E-state index contributed by atoms with van der Waals surface area (Å²) in [5, 5.41) is 4.19. The fourth-order valence-electron chi connectivity index (χ4n) is 3.16. The van der Waals surface area contributed by atoms with Crippen LogP contribution in [0.3, 0.4) is 0 Å². The quantitative estimate of drug-likeness (QED) is 0.719. The van der Waals surface area contributed by atoms with Crippen molar-refractivity contribution < 1.29 is 4.74 Å². The zero-order chi connectivity index (χ0) is 17.9. The molecule has 1 aromatic carbocycles. The van der Waals surface area contributed by atoms with E-state index in [1.165, 1.54) is 0 Å². The van der Waals surface area contributed by atoms with Gasteiger partial charge in [-0.25, -0.2) is 9.97 Å². The van der Waals surface area contributed by atoms with Crippen LogP contribution in [0.2, 0.25) is 5.02 Å². The Labute approximate surface area is 157 Å². The Balaban J connectivity index is 1.68. The third-order valence-electron chi connectivity index (χ3n) is 4.35. The molecule has 1 atom stereocenters. The molecule has 0 saturated carbocycles. The number of halogens is 1. The highest BCUT2D eigenvalue weighted by Crippen LogP contribution is 2.38. The number of nitrogens with zero attached hydrogens (tertiary/aromatic N) is 3. The van der Waals surface area contributed by atoms with Gasteiger partial charge in [0.25, 0.3) is 0 Å². The first kappa shape index (κ1) is 16.8. The summed E-state index contributed by atoms with van der Waals surface area (Å²) >= 11 is 6.33. The van der Waals surface area contributed by atoms with E-state index in [9.17, 15) is 0 Å². The summed E-state index contributed by atoms with van der Waals surface area (Å²) in [5.74, 6) is 2.22. The molecular formula is C20H19ClN4O. The molecule has 5 nitrogen and oxygen atoms in total. The molecule has 6 heteroatoms. The number of hydrogen-bond acceptors (Lipinski definition) is 5. The van der Waals surface area contributed by atoms with Gasteiger partial charge in [0.05, 0.1) is 17.7 Å². The highest BCUT2D eigenvalue weighted by Gasteiger charge is 2.22. The van der Waals surface area contributed by atoms with Gasteiger partial charge in [-0.3, -0.25) is 4.98 Å². The van der Waals surface area contributed by atoms with E-state index in [0.717, 1.165) is 41.2 Å². The monoisotopic (exact) mass is 366 g/mol. The average molecular weight is 367 g/mol. The molecule has 132 valence electrons. The maximum Gasteiger partial charge on any atom is 0.163 e. The van der Waals surface area contributed by atoms with Crippen molar-refractivity contribution >= 4 is 17.4 Å². The highest BCUT2D eigenvalue weighted by molar-refractivity contribution is 6.32. The summed E-state index contributed by atoms with van der Waals surface area (Å²) in [6.45, 7) is 2.63. The number of pyridine rings is 1. The summed E-state index contributed by atoms with van der Waals surface area (Å²) < 4.78 is 5.85. The molecule has 1 aliphatic rings. The lowest BCUT2D eigenvalue weighted by atomic mass is 10.0. The number of aryl methyl sites for hydroxylation is 1. The Morgan fingerprint density at radius 3 is 2.96 bits per heavy atom. The molecule has 2 aromatic heterocycles. The molecule has 0 saturated heterocycles. The van der Waals surface area contributed by atoms with Crippen LogP contribution in [0, 0.1) is 6.92 Å². The molecule has 4 rings (SSSR count). The van der Waals surface area contributed by atoms with Crippen molar-refractivity contribution in [3.05, 3.63) is 65.1 Å². The number of para-hydroxylation sites is 1. The van der Waals surface area contributed by atoms with E-state index in [0.29, 0.717) is 17.5 Å². The fraction of sp³-hybridized carbons (Fsp3) is 0.250. The summed E-state index contributed by atoms with van der Waals surface area (Å²) in [6, 6.07) is 11.8. The molecule has 0 aliphatic carbocycles. The van der Waals surface area contributed by atoms with Gasteiger partial charge >= 0.3 is 0 Å². The second-order valence-electron chi connectivity index (χ2n) is 6.31. The lowest BCUT2D eigenvalue weighted by Crippen LogP contribution is -2.12. The normalized spacial score (nSPS) is 16.3. The molecule has 3 heterocycles. The van der Waals surface area contributed by atoms with Gasteiger partial charge in [-0.1, -0.05) is 23.7 Å². The molecule has 1 N–H and O–H groups in total. The second kappa shape index (κ2) is 7.30. The summed E-state index contributed by atoms with van der Waals surface area (Å²) in [7, 11) is 0. The number of aromatic nitrogens is 3. The Morgan fingerprint density at radius 2 is 2.12 bits per heavy atom. The molecular weight excluding hydrogens is 348 g/mol. The first-order valence-corrected chi connectivity index (χ1v) is 9.02. The van der Waals surface area contributed by atoms with Crippen molar-refractivity contribution in [2.75, 3.05) is 11.9 Å². The molecule has 1 unspecified atom stereocenters. The van der Waals surface area contributed by atoms with Crippen LogP contribution in [0.1, 0.15) is 30.1 Å². The van der Waals surface area contributed by atoms with Crippen molar-refractivity contribution in [3.63, 3.8) is 0 Å². The van der Waals surface area contributed by atoms with Gasteiger partial charge in [-0.15, -0.1) is 0 Å². The highest BCUT2D eigenvalue weighted by atomic mass is 35.5. The van der Waals surface area contributed by atoms with Crippen molar-refractivity contribution in [3.8, 4) is 17.1 Å². The third kappa shape index (κ3) is 3.48. The van der Waals surface area contributed by atoms with E-state index in [4.69, 9.17) is 16.3 Å². The van der Waals surface area contributed by atoms with Gasteiger partial charge < -0.3 is 10.1 Å². The Hall–Kier alpha value is -2.66. The summed E-state index contributed by atoms with van der Waals surface area (Å²) in [5.41, 5.74) is 2.86. The fourth-order valence-corrected chi connectivity index (χ4v) is 3.40. The first-order chi connectivity index (χ1) is 12.7. The SMILES string of the molecule is Cc1cc(NC2CCCOc3c(Cl)cccc32)nc(-c2cccnc2)n1. The minimum Gasteiger partial charge on any atom is -0.492 e. The van der Waals surface area contributed by atoms with Crippen molar-refractivity contribution in [2.45, 2.75) is 25.8 Å². The van der Waals surface area contributed by atoms with Crippen molar-refractivity contribution in [1.29, 1.82) is 0 Å². The van der Waals surface area contributed by atoms with Crippen LogP contribution in [-0.4, -0.2) is 21.6 Å². The van der Waals surface area contributed by atoms with Gasteiger partial charge in [-0.2, -0.15) is 0 Å². The minimum absolute atomic E-state index is 0.0854. The Kier molecular flexibility index (Phi) is 4.71. The largest absolute Gasteiger partial charge is 0.492 e. The van der Waals surface area contributed by atoms with E-state index in [2.05, 4.69) is 26.3 Å². The maximum absolute atomic E-state index is 6.33. The van der Waals surface area contributed by atoms with Crippen LogP contribution >= 0.6 is 11.6 Å². The predicted octanol–water partition coefficient (Wildman–Crippen LogP) is 4.83. The second-order valence-corrected chi connectivity index (χ2v) is 6.71. The zero-order valence-corrected chi connectivity index (χ0v) is 15.2. The molecule has 0 fully saturated rings. The smallest absolute Gasteiger partial charge is 0.163 e. The number of fused-ring (bicyclic) bond motifs is 1. The van der Waals surface area contributed by atoms with E-state index >= 15 is 0 Å². The lowest BCUT2D eigenvalue weighted by Gasteiger charge is -2.20. The average Bonchev–Trinajstić information content (AvgIpc) is 2.86. The van der Waals surface area contributed by atoms with Crippen molar-refractivity contribution in [2.24, 2.45) is 0 Å². The topological polar surface area (TPSA) is 59.9 Å². The van der Waals surface area contributed by atoms with E-state index < -0.39 is 0 Å². The molecule has 26 heavy (non-hydrogen) atoms. The van der Waals surface area contributed by atoms with Gasteiger partial charge in [0, 0.05) is 35.3 Å². The van der Waals surface area contributed by atoms with E-state index in [1.54, 1.807) is 12.4 Å². The summed E-state index contributed by atoms with van der Waals surface area (Å²) in [6.07, 6.45) is 5.40. The molecule has 0 radical (unpaired) electrons. The van der Waals surface area contributed by atoms with E-state index in [1.807, 2.05) is 37.3 Å². The number of anilines is 1. The van der Waals surface area contributed by atoms with Crippen LogP contribution in [0.5, 0.6) is 5.75 Å². The van der Waals surface area contributed by atoms with E-state index in [-0.39, 0.29) is 6.04 Å². The minimum atomic E-state index is 0.0854. The van der Waals surface area contributed by atoms with Crippen molar-refractivity contribution in [1.82, 2.24) is 15.0 Å². The maximum atomic E-state index is 6.33. The number of benzene rings is 1. The molecule has 3 aromatic rings. The Morgan fingerprint density at radius 1 is 1.19 bits per heavy atom. The third-order valence-corrected chi connectivity index (χ3v) is 4.65. The summed E-state index contributed by atoms with van der Waals surface area (Å²) in [4.78, 5) is 13.4.